The number of carbonyl (C=O) groups is 1. The fraction of sp³-hybridized carbons (Fsp3) is 0.235. The summed E-state index contributed by atoms with van der Waals surface area (Å²) in [7, 11) is 1.96. The van der Waals surface area contributed by atoms with Crippen LogP contribution in [-0.4, -0.2) is 35.8 Å². The van der Waals surface area contributed by atoms with Crippen molar-refractivity contribution in [1.82, 2.24) is 9.97 Å². The van der Waals surface area contributed by atoms with Gasteiger partial charge in [-0.2, -0.15) is 0 Å². The van der Waals surface area contributed by atoms with E-state index in [1.807, 2.05) is 36.4 Å². The fourth-order valence-electron chi connectivity index (χ4n) is 2.54. The van der Waals surface area contributed by atoms with Gasteiger partial charge in [0.1, 0.15) is 0 Å². The zero-order valence-corrected chi connectivity index (χ0v) is 14.6. The van der Waals surface area contributed by atoms with E-state index >= 15 is 0 Å². The van der Waals surface area contributed by atoms with E-state index in [1.54, 1.807) is 19.3 Å². The van der Waals surface area contributed by atoms with Gasteiger partial charge in [0, 0.05) is 30.4 Å². The number of nitrogens with one attached hydrogen (secondary N) is 1. The van der Waals surface area contributed by atoms with E-state index in [2.05, 4.69) is 15.3 Å². The Balaban J connectivity index is 1.97. The Labute approximate surface area is 144 Å². The van der Waals surface area contributed by atoms with E-state index in [1.165, 1.54) is 17.8 Å². The molecule has 7 heteroatoms. The monoisotopic (exact) mass is 342 g/mol. The normalized spacial score (nSPS) is 13.0. The van der Waals surface area contributed by atoms with Gasteiger partial charge in [0.05, 0.1) is 18.0 Å². The molecule has 1 aliphatic rings. The first-order valence-corrected chi connectivity index (χ1v) is 8.75. The molecule has 1 aromatic carbocycles. The predicted octanol–water partition coefficient (Wildman–Crippen LogP) is 3.57. The minimum atomic E-state index is -0.333. The van der Waals surface area contributed by atoms with Crippen molar-refractivity contribution in [3.63, 3.8) is 0 Å². The topological polar surface area (TPSA) is 67.3 Å². The highest BCUT2D eigenvalue weighted by molar-refractivity contribution is 8.07. The van der Waals surface area contributed by atoms with Crippen LogP contribution in [-0.2, 0) is 9.53 Å². The summed E-state index contributed by atoms with van der Waals surface area (Å²) >= 11 is 1.51. The summed E-state index contributed by atoms with van der Waals surface area (Å²) in [6, 6.07) is 6.00. The molecule has 2 heterocycles. The molecular weight excluding hydrogens is 324 g/mol. The Morgan fingerprint density at radius 2 is 2.17 bits per heavy atom. The molecule has 0 saturated heterocycles. The molecule has 0 spiro atoms. The molecule has 0 aliphatic carbocycles. The second-order valence-corrected chi connectivity index (χ2v) is 5.96. The minimum Gasteiger partial charge on any atom is -0.463 e. The Hall–Kier alpha value is -2.54. The van der Waals surface area contributed by atoms with E-state index in [0.29, 0.717) is 12.4 Å². The van der Waals surface area contributed by atoms with Crippen LogP contribution in [0.25, 0.3) is 4.91 Å². The van der Waals surface area contributed by atoms with E-state index in [-0.39, 0.29) is 5.97 Å². The number of esters is 1. The molecule has 0 amide bonds. The zero-order chi connectivity index (χ0) is 17.1. The lowest BCUT2D eigenvalue weighted by atomic mass is 10.1. The summed E-state index contributed by atoms with van der Waals surface area (Å²) in [6.07, 6.45) is 6.79. The predicted molar refractivity (Wildman–Crippen MR) is 97.9 cm³/mol. The van der Waals surface area contributed by atoms with Crippen LogP contribution in [0.5, 0.6) is 0 Å². The van der Waals surface area contributed by atoms with E-state index in [9.17, 15) is 4.79 Å². The molecule has 3 rings (SSSR count). The van der Waals surface area contributed by atoms with Gasteiger partial charge in [0.2, 0.25) is 0 Å². The molecule has 1 aromatic heterocycles. The lowest BCUT2D eigenvalue weighted by Gasteiger charge is -2.29. The fourth-order valence-corrected chi connectivity index (χ4v) is 3.12. The molecule has 0 radical (unpaired) electrons. The number of carbonyl (C=O) groups excluding carboxylic acids is 1. The second kappa shape index (κ2) is 6.92. The third-order valence-corrected chi connectivity index (χ3v) is 4.44. The van der Waals surface area contributed by atoms with Gasteiger partial charge >= 0.3 is 5.97 Å². The van der Waals surface area contributed by atoms with Crippen molar-refractivity contribution in [3.05, 3.63) is 42.2 Å². The molecule has 6 nitrogen and oxygen atoms in total. The largest absolute Gasteiger partial charge is 0.463 e. The molecule has 24 heavy (non-hydrogen) atoms. The average molecular weight is 342 g/mol. The third-order valence-electron chi connectivity index (χ3n) is 3.65. The smallest absolute Gasteiger partial charge is 0.331 e. The van der Waals surface area contributed by atoms with Crippen molar-refractivity contribution in [3.8, 4) is 0 Å². The van der Waals surface area contributed by atoms with Crippen molar-refractivity contribution >= 4 is 45.6 Å². The van der Waals surface area contributed by atoms with Gasteiger partial charge in [-0.15, -0.1) is 11.8 Å². The molecule has 0 unspecified atom stereocenters. The van der Waals surface area contributed by atoms with Crippen molar-refractivity contribution in [2.45, 2.75) is 6.92 Å². The highest BCUT2D eigenvalue weighted by Gasteiger charge is 2.22. The van der Waals surface area contributed by atoms with E-state index < -0.39 is 0 Å². The lowest BCUT2D eigenvalue weighted by molar-refractivity contribution is -0.137. The highest BCUT2D eigenvalue weighted by Crippen LogP contribution is 2.41. The Morgan fingerprint density at radius 1 is 1.38 bits per heavy atom. The standard InChI is InChI=1S/C17H18N4O2S/c1-4-23-15(22)10-14(24-3)11-5-6-13-12(9-11)20-16-17(21(13)2)19-8-7-18-16/h5-10H,4H2,1-3H3,(H,18,20)/b14-10-. The van der Waals surface area contributed by atoms with E-state index in [4.69, 9.17) is 4.74 Å². The number of ether oxygens (including phenoxy) is 1. The van der Waals surface area contributed by atoms with Gasteiger partial charge in [-0.3, -0.25) is 0 Å². The van der Waals surface area contributed by atoms with Gasteiger partial charge in [-0.25, -0.2) is 14.8 Å². The molecule has 0 bridgehead atoms. The summed E-state index contributed by atoms with van der Waals surface area (Å²) in [6.45, 7) is 2.16. The molecule has 1 aliphatic heterocycles. The zero-order valence-electron chi connectivity index (χ0n) is 13.7. The van der Waals surface area contributed by atoms with Gasteiger partial charge in [0.15, 0.2) is 11.6 Å². The number of benzene rings is 1. The molecule has 0 saturated carbocycles. The van der Waals surface area contributed by atoms with Gasteiger partial charge in [-0.05, 0) is 30.9 Å². The summed E-state index contributed by atoms with van der Waals surface area (Å²) < 4.78 is 5.00. The number of rotatable bonds is 4. The number of fused-ring (bicyclic) bond motifs is 2. The molecule has 2 aromatic rings. The first-order chi connectivity index (χ1) is 11.6. The van der Waals surface area contributed by atoms with Crippen LogP contribution in [0.3, 0.4) is 0 Å². The summed E-state index contributed by atoms with van der Waals surface area (Å²) in [5.74, 6) is 1.16. The van der Waals surface area contributed by atoms with Crippen molar-refractivity contribution in [2.24, 2.45) is 0 Å². The Kier molecular flexibility index (Phi) is 4.71. The molecule has 1 N–H and O–H groups in total. The average Bonchev–Trinajstić information content (AvgIpc) is 2.60. The maximum Gasteiger partial charge on any atom is 0.331 e. The van der Waals surface area contributed by atoms with Crippen LogP contribution in [0.4, 0.5) is 23.0 Å². The quantitative estimate of drug-likeness (QED) is 0.673. The van der Waals surface area contributed by atoms with Crippen LogP contribution >= 0.6 is 11.8 Å². The first kappa shape index (κ1) is 16.3. The maximum absolute atomic E-state index is 11.7. The third kappa shape index (κ3) is 3.07. The number of nitrogens with zero attached hydrogens (tertiary/aromatic N) is 3. The minimum absolute atomic E-state index is 0.333. The summed E-state index contributed by atoms with van der Waals surface area (Å²) in [5.41, 5.74) is 2.87. The maximum atomic E-state index is 11.7. The van der Waals surface area contributed by atoms with Gasteiger partial charge in [-0.1, -0.05) is 6.07 Å². The number of aromatic nitrogens is 2. The van der Waals surface area contributed by atoms with Crippen LogP contribution in [0.2, 0.25) is 0 Å². The molecule has 0 fully saturated rings. The Morgan fingerprint density at radius 3 is 2.92 bits per heavy atom. The number of thioether (sulfide) groups is 1. The van der Waals surface area contributed by atoms with E-state index in [0.717, 1.165) is 27.7 Å². The van der Waals surface area contributed by atoms with Crippen molar-refractivity contribution in [2.75, 3.05) is 30.1 Å². The van der Waals surface area contributed by atoms with Crippen molar-refractivity contribution < 1.29 is 9.53 Å². The van der Waals surface area contributed by atoms with Gasteiger partial charge < -0.3 is 15.0 Å². The second-order valence-electron chi connectivity index (χ2n) is 5.11. The van der Waals surface area contributed by atoms with Gasteiger partial charge in [0.25, 0.3) is 0 Å². The first-order valence-electron chi connectivity index (χ1n) is 7.52. The SMILES string of the molecule is CCOC(=O)/C=C(\SC)c1ccc2c(c1)Nc1nccnc1N2C. The molecular formula is C17H18N4O2S. The molecule has 124 valence electrons. The molecule has 0 atom stereocenters. The lowest BCUT2D eigenvalue weighted by Crippen LogP contribution is -2.19. The van der Waals surface area contributed by atoms with Crippen LogP contribution in [0.15, 0.2) is 36.7 Å². The van der Waals surface area contributed by atoms with Crippen LogP contribution < -0.4 is 10.2 Å². The number of hydrogen-bond acceptors (Lipinski definition) is 7. The van der Waals surface area contributed by atoms with Crippen LogP contribution in [0.1, 0.15) is 12.5 Å². The summed E-state index contributed by atoms with van der Waals surface area (Å²) in [5, 5.41) is 3.30. The number of anilines is 4. The Bertz CT molecular complexity index is 807. The van der Waals surface area contributed by atoms with Crippen LogP contribution in [0, 0.1) is 0 Å². The van der Waals surface area contributed by atoms with Crippen molar-refractivity contribution in [1.29, 1.82) is 0 Å². The summed E-state index contributed by atoms with van der Waals surface area (Å²) in [4.78, 5) is 23.3. The number of hydrogen-bond donors (Lipinski definition) is 1. The highest BCUT2D eigenvalue weighted by atomic mass is 32.2.